The first-order valence-corrected chi connectivity index (χ1v) is 6.32. The van der Waals surface area contributed by atoms with Crippen LogP contribution in [0.5, 0.6) is 0 Å². The molecule has 0 amide bonds. The Bertz CT molecular complexity index is 349. The second kappa shape index (κ2) is 6.20. The SMILES string of the molecule is COC(=O)C(C)CS(=O)(=O)COCC(F)(F)F. The highest BCUT2D eigenvalue weighted by Gasteiger charge is 2.29. The topological polar surface area (TPSA) is 69.7 Å². The van der Waals surface area contributed by atoms with E-state index in [1.54, 1.807) is 0 Å². The summed E-state index contributed by atoms with van der Waals surface area (Å²) >= 11 is 0. The summed E-state index contributed by atoms with van der Waals surface area (Å²) < 4.78 is 65.8. The molecule has 0 aromatic heterocycles. The Hall–Kier alpha value is -0.830. The van der Waals surface area contributed by atoms with Crippen molar-refractivity contribution in [2.24, 2.45) is 5.92 Å². The van der Waals surface area contributed by atoms with Crippen molar-refractivity contribution in [1.82, 2.24) is 0 Å². The van der Waals surface area contributed by atoms with Crippen molar-refractivity contribution < 1.29 is 35.9 Å². The minimum atomic E-state index is -4.58. The van der Waals surface area contributed by atoms with Crippen LogP contribution in [0.3, 0.4) is 0 Å². The predicted octanol–water partition coefficient (Wildman–Crippen LogP) is 0.747. The molecule has 5 nitrogen and oxygen atoms in total. The normalized spacial score (nSPS) is 14.4. The average Bonchev–Trinajstić information content (AvgIpc) is 2.13. The number of sulfone groups is 1. The van der Waals surface area contributed by atoms with Crippen molar-refractivity contribution in [1.29, 1.82) is 0 Å². The Morgan fingerprint density at radius 3 is 2.29 bits per heavy atom. The van der Waals surface area contributed by atoms with Crippen molar-refractivity contribution in [3.05, 3.63) is 0 Å². The van der Waals surface area contributed by atoms with Crippen LogP contribution in [0.1, 0.15) is 6.92 Å². The molecule has 0 saturated heterocycles. The highest BCUT2D eigenvalue weighted by Crippen LogP contribution is 2.15. The van der Waals surface area contributed by atoms with Crippen LogP contribution in [0.25, 0.3) is 0 Å². The Morgan fingerprint density at radius 2 is 1.88 bits per heavy atom. The third-order valence-electron chi connectivity index (χ3n) is 1.64. The molecule has 1 unspecified atom stereocenters. The van der Waals surface area contributed by atoms with Gasteiger partial charge in [-0.05, 0) is 0 Å². The van der Waals surface area contributed by atoms with Gasteiger partial charge in [0.05, 0.1) is 18.8 Å². The molecule has 9 heteroatoms. The van der Waals surface area contributed by atoms with E-state index in [0.29, 0.717) is 0 Å². The van der Waals surface area contributed by atoms with Crippen molar-refractivity contribution >= 4 is 15.8 Å². The van der Waals surface area contributed by atoms with E-state index in [0.717, 1.165) is 7.11 Å². The fourth-order valence-corrected chi connectivity index (χ4v) is 2.31. The third kappa shape index (κ3) is 7.97. The first kappa shape index (κ1) is 16.2. The van der Waals surface area contributed by atoms with Gasteiger partial charge in [-0.25, -0.2) is 8.42 Å². The van der Waals surface area contributed by atoms with E-state index in [2.05, 4.69) is 9.47 Å². The lowest BCUT2D eigenvalue weighted by atomic mass is 10.2. The van der Waals surface area contributed by atoms with Crippen LogP contribution in [-0.4, -0.2) is 46.0 Å². The van der Waals surface area contributed by atoms with E-state index in [9.17, 15) is 26.4 Å². The summed E-state index contributed by atoms with van der Waals surface area (Å²) in [6.45, 7) is -0.341. The maximum atomic E-state index is 11.7. The standard InChI is InChI=1S/C8H13F3O5S/c1-6(7(12)15-2)3-17(13,14)5-16-4-8(9,10)11/h6H,3-5H2,1-2H3. The van der Waals surface area contributed by atoms with Crippen molar-refractivity contribution in [3.8, 4) is 0 Å². The van der Waals surface area contributed by atoms with Crippen LogP contribution in [0.4, 0.5) is 13.2 Å². The van der Waals surface area contributed by atoms with Gasteiger partial charge in [0.15, 0.2) is 9.84 Å². The van der Waals surface area contributed by atoms with Crippen molar-refractivity contribution in [3.63, 3.8) is 0 Å². The Labute approximate surface area is 96.8 Å². The lowest BCUT2D eigenvalue weighted by Gasteiger charge is -2.11. The number of carbonyl (C=O) groups is 1. The minimum Gasteiger partial charge on any atom is -0.469 e. The molecule has 0 aromatic rings. The van der Waals surface area contributed by atoms with E-state index >= 15 is 0 Å². The maximum Gasteiger partial charge on any atom is 0.411 e. The molecule has 1 atom stereocenters. The van der Waals surface area contributed by atoms with Gasteiger partial charge in [-0.1, -0.05) is 6.92 Å². The molecule has 0 saturated carbocycles. The monoisotopic (exact) mass is 278 g/mol. The molecule has 17 heavy (non-hydrogen) atoms. The summed E-state index contributed by atoms with van der Waals surface area (Å²) in [7, 11) is -2.79. The quantitative estimate of drug-likeness (QED) is 0.670. The summed E-state index contributed by atoms with van der Waals surface area (Å²) in [5.74, 6) is -3.38. The third-order valence-corrected chi connectivity index (χ3v) is 3.17. The molecule has 0 N–H and O–H groups in total. The number of rotatable bonds is 6. The molecule has 0 aromatic carbocycles. The van der Waals surface area contributed by atoms with Crippen molar-refractivity contribution in [2.45, 2.75) is 13.1 Å². The summed E-state index contributed by atoms with van der Waals surface area (Å²) in [5, 5.41) is 0. The van der Waals surface area contributed by atoms with E-state index in [1.165, 1.54) is 6.92 Å². The second-order valence-corrected chi connectivity index (χ2v) is 5.47. The Morgan fingerprint density at radius 1 is 1.35 bits per heavy atom. The van der Waals surface area contributed by atoms with Crippen LogP contribution >= 0.6 is 0 Å². The van der Waals surface area contributed by atoms with E-state index in [4.69, 9.17) is 0 Å². The number of methoxy groups -OCH3 is 1. The smallest absolute Gasteiger partial charge is 0.411 e. The zero-order valence-electron chi connectivity index (χ0n) is 9.28. The minimum absolute atomic E-state index is 0.614. The van der Waals surface area contributed by atoms with E-state index in [1.807, 2.05) is 0 Å². The van der Waals surface area contributed by atoms with Crippen LogP contribution in [0, 0.1) is 5.92 Å². The zero-order chi connectivity index (χ0) is 13.7. The first-order valence-electron chi connectivity index (χ1n) is 4.50. The highest BCUT2D eigenvalue weighted by atomic mass is 32.2. The van der Waals surface area contributed by atoms with Gasteiger partial charge in [-0.3, -0.25) is 4.79 Å². The van der Waals surface area contributed by atoms with Crippen LogP contribution < -0.4 is 0 Å². The van der Waals surface area contributed by atoms with Crippen LogP contribution in [0.2, 0.25) is 0 Å². The number of ether oxygens (including phenoxy) is 2. The predicted molar refractivity (Wildman–Crippen MR) is 51.8 cm³/mol. The van der Waals surface area contributed by atoms with Gasteiger partial charge in [0.1, 0.15) is 12.5 Å². The molecule has 0 radical (unpaired) electrons. The molecule has 0 rings (SSSR count). The largest absolute Gasteiger partial charge is 0.469 e. The number of alkyl halides is 3. The fourth-order valence-electron chi connectivity index (χ4n) is 0.983. The van der Waals surface area contributed by atoms with Gasteiger partial charge in [0, 0.05) is 0 Å². The van der Waals surface area contributed by atoms with Gasteiger partial charge in [-0.2, -0.15) is 13.2 Å². The first-order chi connectivity index (χ1) is 7.57. The van der Waals surface area contributed by atoms with E-state index < -0.39 is 46.2 Å². The van der Waals surface area contributed by atoms with Gasteiger partial charge in [-0.15, -0.1) is 0 Å². The fraction of sp³-hybridized carbons (Fsp3) is 0.875. The molecule has 0 aliphatic rings. The van der Waals surface area contributed by atoms with Gasteiger partial charge < -0.3 is 9.47 Å². The number of hydrogen-bond donors (Lipinski definition) is 0. The molecular weight excluding hydrogens is 265 g/mol. The highest BCUT2D eigenvalue weighted by molar-refractivity contribution is 7.91. The Balaban J connectivity index is 4.18. The van der Waals surface area contributed by atoms with Gasteiger partial charge in [0.2, 0.25) is 0 Å². The summed E-state index contributed by atoms with van der Waals surface area (Å²) in [4.78, 5) is 10.9. The zero-order valence-corrected chi connectivity index (χ0v) is 10.1. The van der Waals surface area contributed by atoms with Crippen molar-refractivity contribution in [2.75, 3.05) is 25.4 Å². The van der Waals surface area contributed by atoms with Crippen LogP contribution in [0.15, 0.2) is 0 Å². The van der Waals surface area contributed by atoms with Crippen LogP contribution in [-0.2, 0) is 24.1 Å². The molecule has 0 bridgehead atoms. The Kier molecular flexibility index (Phi) is 5.89. The summed E-state index contributed by atoms with van der Waals surface area (Å²) in [5.41, 5.74) is 0. The summed E-state index contributed by atoms with van der Waals surface area (Å²) in [6, 6.07) is 0. The molecule has 0 aliphatic carbocycles. The molecule has 102 valence electrons. The van der Waals surface area contributed by atoms with E-state index in [-0.39, 0.29) is 0 Å². The molecular formula is C8H13F3O5S. The lowest BCUT2D eigenvalue weighted by Crippen LogP contribution is -2.27. The van der Waals surface area contributed by atoms with Gasteiger partial charge >= 0.3 is 12.1 Å². The molecule has 0 aliphatic heterocycles. The molecule has 0 heterocycles. The number of halogens is 3. The average molecular weight is 278 g/mol. The number of esters is 1. The van der Waals surface area contributed by atoms with Gasteiger partial charge in [0.25, 0.3) is 0 Å². The lowest BCUT2D eigenvalue weighted by molar-refractivity contribution is -0.169. The number of carbonyl (C=O) groups excluding carboxylic acids is 1. The number of hydrogen-bond acceptors (Lipinski definition) is 5. The summed E-state index contributed by atoms with van der Waals surface area (Å²) in [6.07, 6.45) is -4.58. The second-order valence-electron chi connectivity index (χ2n) is 3.42. The maximum absolute atomic E-state index is 11.7. The molecule has 0 fully saturated rings. The molecule has 0 spiro atoms.